The van der Waals surface area contributed by atoms with Crippen molar-refractivity contribution in [1.82, 2.24) is 0 Å². The first kappa shape index (κ1) is 15.0. The Morgan fingerprint density at radius 2 is 1.70 bits per heavy atom. The lowest BCUT2D eigenvalue weighted by Gasteiger charge is -2.04. The summed E-state index contributed by atoms with van der Waals surface area (Å²) < 4.78 is 10.4. The summed E-state index contributed by atoms with van der Waals surface area (Å²) in [5, 5.41) is 0.884. The monoisotopic (exact) mass is 308 g/mol. The first-order chi connectivity index (χ1) is 11.2. The summed E-state index contributed by atoms with van der Waals surface area (Å²) >= 11 is 0. The molecular weight excluding hydrogens is 292 g/mol. The molecule has 0 saturated carbocycles. The van der Waals surface area contributed by atoms with Crippen LogP contribution in [-0.2, 0) is 0 Å². The predicted octanol–water partition coefficient (Wildman–Crippen LogP) is 4.29. The number of fused-ring (bicyclic) bond motifs is 1. The molecule has 4 heteroatoms. The van der Waals surface area contributed by atoms with E-state index in [4.69, 9.17) is 9.15 Å². The standard InChI is InChI=1S/C19H16O4/c1-22-16-4-2-3-13(12-16)17(20)6-7-18(21)14-5-8-19-15(11-14)9-10-23-19/h2-5,8-12H,6-7H2,1H3. The molecule has 0 saturated heterocycles. The molecule has 23 heavy (non-hydrogen) atoms. The predicted molar refractivity (Wildman–Crippen MR) is 87.1 cm³/mol. The normalized spacial score (nSPS) is 10.7. The van der Waals surface area contributed by atoms with Crippen molar-refractivity contribution in [3.8, 4) is 5.75 Å². The first-order valence-electron chi connectivity index (χ1n) is 7.35. The van der Waals surface area contributed by atoms with Crippen LogP contribution in [0.25, 0.3) is 11.0 Å². The Morgan fingerprint density at radius 1 is 0.957 bits per heavy atom. The number of ketones is 2. The summed E-state index contributed by atoms with van der Waals surface area (Å²) in [4.78, 5) is 24.5. The number of carbonyl (C=O) groups excluding carboxylic acids is 2. The summed E-state index contributed by atoms with van der Waals surface area (Å²) in [6.45, 7) is 0. The van der Waals surface area contributed by atoms with Crippen LogP contribution in [0.1, 0.15) is 33.6 Å². The van der Waals surface area contributed by atoms with E-state index in [0.29, 0.717) is 16.9 Å². The van der Waals surface area contributed by atoms with Gasteiger partial charge in [0, 0.05) is 29.4 Å². The quantitative estimate of drug-likeness (QED) is 0.637. The van der Waals surface area contributed by atoms with Gasteiger partial charge in [0.05, 0.1) is 13.4 Å². The maximum absolute atomic E-state index is 12.3. The highest BCUT2D eigenvalue weighted by Crippen LogP contribution is 2.19. The molecule has 0 aliphatic heterocycles. The van der Waals surface area contributed by atoms with E-state index in [9.17, 15) is 9.59 Å². The molecule has 4 nitrogen and oxygen atoms in total. The molecule has 1 aromatic heterocycles. The highest BCUT2D eigenvalue weighted by Gasteiger charge is 2.12. The van der Waals surface area contributed by atoms with Gasteiger partial charge in [-0.05, 0) is 36.4 Å². The molecule has 0 bridgehead atoms. The van der Waals surface area contributed by atoms with E-state index in [1.807, 2.05) is 6.07 Å². The smallest absolute Gasteiger partial charge is 0.163 e. The van der Waals surface area contributed by atoms with Crippen LogP contribution in [-0.4, -0.2) is 18.7 Å². The maximum atomic E-state index is 12.3. The van der Waals surface area contributed by atoms with Crippen LogP contribution < -0.4 is 4.74 Å². The van der Waals surface area contributed by atoms with Gasteiger partial charge in [0.2, 0.25) is 0 Å². The van der Waals surface area contributed by atoms with Crippen molar-refractivity contribution in [3.05, 3.63) is 65.9 Å². The summed E-state index contributed by atoms with van der Waals surface area (Å²) in [5.74, 6) is 0.513. The topological polar surface area (TPSA) is 56.5 Å². The molecule has 0 atom stereocenters. The number of methoxy groups -OCH3 is 1. The van der Waals surface area contributed by atoms with Gasteiger partial charge in [-0.3, -0.25) is 9.59 Å². The Kier molecular flexibility index (Phi) is 4.24. The van der Waals surface area contributed by atoms with E-state index in [1.54, 1.807) is 55.8 Å². The number of carbonyl (C=O) groups is 2. The van der Waals surface area contributed by atoms with Gasteiger partial charge in [-0.15, -0.1) is 0 Å². The van der Waals surface area contributed by atoms with Gasteiger partial charge in [-0.1, -0.05) is 12.1 Å². The highest BCUT2D eigenvalue weighted by molar-refractivity contribution is 6.03. The minimum atomic E-state index is -0.0679. The fourth-order valence-electron chi connectivity index (χ4n) is 2.45. The number of hydrogen-bond acceptors (Lipinski definition) is 4. The van der Waals surface area contributed by atoms with Gasteiger partial charge in [-0.25, -0.2) is 0 Å². The molecule has 2 aromatic carbocycles. The van der Waals surface area contributed by atoms with Crippen LogP contribution in [0, 0.1) is 0 Å². The lowest BCUT2D eigenvalue weighted by molar-refractivity contribution is 0.0917. The average molecular weight is 308 g/mol. The Bertz CT molecular complexity index is 860. The molecule has 0 radical (unpaired) electrons. The molecule has 0 fully saturated rings. The third-order valence-corrected chi connectivity index (χ3v) is 3.75. The van der Waals surface area contributed by atoms with Gasteiger partial charge >= 0.3 is 0 Å². The molecule has 0 aliphatic rings. The summed E-state index contributed by atoms with van der Waals surface area (Å²) in [6.07, 6.45) is 1.94. The second kappa shape index (κ2) is 6.48. The fraction of sp³-hybridized carbons (Fsp3) is 0.158. The largest absolute Gasteiger partial charge is 0.497 e. The van der Waals surface area contributed by atoms with Crippen LogP contribution in [0.15, 0.2) is 59.2 Å². The Morgan fingerprint density at radius 3 is 2.43 bits per heavy atom. The summed E-state index contributed by atoms with van der Waals surface area (Å²) in [5.41, 5.74) is 1.90. The summed E-state index contributed by atoms with van der Waals surface area (Å²) in [7, 11) is 1.55. The Labute approximate surface area is 133 Å². The third-order valence-electron chi connectivity index (χ3n) is 3.75. The number of rotatable bonds is 6. The van der Waals surface area contributed by atoms with Crippen LogP contribution in [0.2, 0.25) is 0 Å². The number of hydrogen-bond donors (Lipinski definition) is 0. The Hall–Kier alpha value is -2.88. The van der Waals surface area contributed by atoms with Crippen molar-refractivity contribution in [3.63, 3.8) is 0 Å². The molecule has 116 valence electrons. The molecule has 0 N–H and O–H groups in total. The van der Waals surface area contributed by atoms with Crippen molar-refractivity contribution in [2.75, 3.05) is 7.11 Å². The number of ether oxygens (including phenoxy) is 1. The van der Waals surface area contributed by atoms with Crippen molar-refractivity contribution in [2.45, 2.75) is 12.8 Å². The summed E-state index contributed by atoms with van der Waals surface area (Å²) in [6, 6.07) is 14.1. The van der Waals surface area contributed by atoms with Crippen LogP contribution in [0.4, 0.5) is 0 Å². The van der Waals surface area contributed by atoms with Crippen LogP contribution in [0.5, 0.6) is 5.75 Å². The van der Waals surface area contributed by atoms with E-state index in [0.717, 1.165) is 11.0 Å². The fourth-order valence-corrected chi connectivity index (χ4v) is 2.45. The van der Waals surface area contributed by atoms with Gasteiger partial charge in [-0.2, -0.15) is 0 Å². The maximum Gasteiger partial charge on any atom is 0.163 e. The van der Waals surface area contributed by atoms with E-state index in [-0.39, 0.29) is 24.4 Å². The van der Waals surface area contributed by atoms with Gasteiger partial charge in [0.1, 0.15) is 11.3 Å². The zero-order chi connectivity index (χ0) is 16.2. The number of furan rings is 1. The average Bonchev–Trinajstić information content (AvgIpc) is 3.07. The molecule has 3 aromatic rings. The van der Waals surface area contributed by atoms with E-state index >= 15 is 0 Å². The Balaban J connectivity index is 1.66. The third kappa shape index (κ3) is 3.31. The van der Waals surface area contributed by atoms with Crippen molar-refractivity contribution >= 4 is 22.5 Å². The highest BCUT2D eigenvalue weighted by atomic mass is 16.5. The van der Waals surface area contributed by atoms with Gasteiger partial charge < -0.3 is 9.15 Å². The second-order valence-electron chi connectivity index (χ2n) is 5.25. The number of Topliss-reactive ketones (excluding diaryl/α,β-unsaturated/α-hetero) is 2. The molecule has 0 spiro atoms. The molecule has 0 amide bonds. The second-order valence-corrected chi connectivity index (χ2v) is 5.25. The van der Waals surface area contributed by atoms with E-state index in [1.165, 1.54) is 0 Å². The van der Waals surface area contributed by atoms with Gasteiger partial charge in [0.15, 0.2) is 11.6 Å². The van der Waals surface area contributed by atoms with Crippen LogP contribution >= 0.6 is 0 Å². The van der Waals surface area contributed by atoms with Gasteiger partial charge in [0.25, 0.3) is 0 Å². The molecule has 0 unspecified atom stereocenters. The zero-order valence-corrected chi connectivity index (χ0v) is 12.7. The van der Waals surface area contributed by atoms with Crippen molar-refractivity contribution in [1.29, 1.82) is 0 Å². The SMILES string of the molecule is COc1cccc(C(=O)CCC(=O)c2ccc3occc3c2)c1. The zero-order valence-electron chi connectivity index (χ0n) is 12.7. The lowest BCUT2D eigenvalue weighted by Crippen LogP contribution is -2.05. The van der Waals surface area contributed by atoms with E-state index in [2.05, 4.69) is 0 Å². The molecule has 3 rings (SSSR count). The molecule has 1 heterocycles. The van der Waals surface area contributed by atoms with Crippen LogP contribution in [0.3, 0.4) is 0 Å². The minimum absolute atomic E-state index is 0.0515. The number of benzene rings is 2. The van der Waals surface area contributed by atoms with Crippen molar-refractivity contribution in [2.24, 2.45) is 0 Å². The molecular formula is C19H16O4. The molecule has 0 aliphatic carbocycles. The first-order valence-corrected chi connectivity index (χ1v) is 7.35. The lowest BCUT2D eigenvalue weighted by atomic mass is 10.0. The van der Waals surface area contributed by atoms with Crippen molar-refractivity contribution < 1.29 is 18.7 Å². The van der Waals surface area contributed by atoms with E-state index < -0.39 is 0 Å². The minimum Gasteiger partial charge on any atom is -0.497 e.